The van der Waals surface area contributed by atoms with Crippen LogP contribution in [-0.4, -0.2) is 17.5 Å². The number of nitrogens with two attached hydrogens (primary N) is 1. The zero-order chi connectivity index (χ0) is 37.9. The predicted octanol–water partition coefficient (Wildman–Crippen LogP) is 12.8. The quantitative estimate of drug-likeness (QED) is 0.125. The van der Waals surface area contributed by atoms with Crippen molar-refractivity contribution in [3.05, 3.63) is 196 Å². The molecule has 3 N–H and O–H groups in total. The van der Waals surface area contributed by atoms with Gasteiger partial charge in [0.1, 0.15) is 17.5 Å². The summed E-state index contributed by atoms with van der Waals surface area (Å²) in [5.41, 5.74) is 13.3. The molecule has 11 rings (SSSR count). The lowest BCUT2D eigenvalue weighted by Crippen LogP contribution is -2.36. The molecule has 1 atom stereocenters. The number of nitrogens with zero attached hydrogens (tertiary/aromatic N) is 3. The number of fused-ring (bicyclic) bond motifs is 7. The van der Waals surface area contributed by atoms with E-state index >= 15 is 0 Å². The van der Waals surface area contributed by atoms with Crippen LogP contribution in [0.25, 0.3) is 50.4 Å². The summed E-state index contributed by atoms with van der Waals surface area (Å²) in [6, 6.07) is 57.5. The van der Waals surface area contributed by atoms with E-state index in [0.717, 1.165) is 51.4 Å². The average Bonchev–Trinajstić information content (AvgIpc) is 3.95. The summed E-state index contributed by atoms with van der Waals surface area (Å²) < 4.78 is 6.08. The predicted molar refractivity (Wildman–Crippen MR) is 246 cm³/mol. The maximum Gasteiger partial charge on any atom is 0.169 e. The van der Waals surface area contributed by atoms with Crippen LogP contribution in [0, 0.1) is 0 Å². The van der Waals surface area contributed by atoms with E-state index in [0.29, 0.717) is 5.84 Å². The second-order valence-electron chi connectivity index (χ2n) is 14.2. The Labute approximate surface area is 340 Å². The zero-order valence-electron chi connectivity index (χ0n) is 30.5. The van der Waals surface area contributed by atoms with Crippen molar-refractivity contribution in [2.75, 3.05) is 0 Å². The number of hydrogen-bond acceptors (Lipinski definition) is 7. The van der Waals surface area contributed by atoms with Crippen molar-refractivity contribution in [1.82, 2.24) is 5.32 Å². The average molecular weight is 788 g/mol. The smallest absolute Gasteiger partial charge is 0.169 e. The third-order valence-corrected chi connectivity index (χ3v) is 14.1. The first-order valence-corrected chi connectivity index (χ1v) is 21.3. The van der Waals surface area contributed by atoms with Gasteiger partial charge >= 0.3 is 0 Å². The number of amidine groups is 3. The number of thiophene rings is 3. The molecule has 10 aromatic rings. The molecule has 8 heteroatoms. The first-order valence-electron chi connectivity index (χ1n) is 18.9. The van der Waals surface area contributed by atoms with Crippen LogP contribution in [0.4, 0.5) is 5.69 Å². The number of aliphatic imine (C=N–C) groups is 3. The van der Waals surface area contributed by atoms with Gasteiger partial charge in [-0.1, -0.05) is 127 Å². The second-order valence-corrected chi connectivity index (χ2v) is 17.4. The molecule has 1 aliphatic heterocycles. The van der Waals surface area contributed by atoms with Crippen LogP contribution in [0.2, 0.25) is 0 Å². The molecule has 0 radical (unpaired) electrons. The molecule has 0 amide bonds. The largest absolute Gasteiger partial charge is 0.383 e. The molecule has 0 saturated heterocycles. The zero-order valence-corrected chi connectivity index (χ0v) is 33.0. The molecular formula is C49H33N5S3. The van der Waals surface area contributed by atoms with Crippen LogP contribution in [0.15, 0.2) is 179 Å². The highest BCUT2D eigenvalue weighted by Gasteiger charge is 2.23. The van der Waals surface area contributed by atoms with Crippen LogP contribution in [0.5, 0.6) is 0 Å². The van der Waals surface area contributed by atoms with Crippen molar-refractivity contribution < 1.29 is 0 Å². The summed E-state index contributed by atoms with van der Waals surface area (Å²) in [7, 11) is 0. The maximum atomic E-state index is 6.97. The van der Waals surface area contributed by atoms with Gasteiger partial charge in [0, 0.05) is 78.4 Å². The summed E-state index contributed by atoms with van der Waals surface area (Å²) in [5, 5.41) is 9.64. The molecule has 3 aromatic heterocycles. The Balaban J connectivity index is 1.01. The first kappa shape index (κ1) is 33.9. The SMILES string of the molecule is NC(=Nc1c(Cc2ccc3sc4cccc(C5=NC(c6ccccc6)N=C(c6ccccc6)N5)c4c3c2)sc2ccccc12)c1cccc2c1sc1ccccc12. The van der Waals surface area contributed by atoms with Crippen LogP contribution in [0.1, 0.15) is 38.9 Å². The highest BCUT2D eigenvalue weighted by atomic mass is 32.1. The number of benzene rings is 7. The third kappa shape index (κ3) is 6.01. The van der Waals surface area contributed by atoms with Crippen molar-refractivity contribution >= 4 is 108 Å². The van der Waals surface area contributed by atoms with Gasteiger partial charge in [0.2, 0.25) is 0 Å². The fraction of sp³-hybridized carbons (Fsp3) is 0.0408. The fourth-order valence-corrected chi connectivity index (χ4v) is 11.4. The van der Waals surface area contributed by atoms with Gasteiger partial charge in [-0.3, -0.25) is 0 Å². The van der Waals surface area contributed by atoms with Crippen molar-refractivity contribution in [2.24, 2.45) is 20.7 Å². The van der Waals surface area contributed by atoms with Crippen LogP contribution < -0.4 is 11.1 Å². The minimum Gasteiger partial charge on any atom is -0.383 e. The van der Waals surface area contributed by atoms with Gasteiger partial charge in [-0.05, 0) is 47.5 Å². The lowest BCUT2D eigenvalue weighted by Gasteiger charge is -2.22. The minimum absolute atomic E-state index is 0.362. The van der Waals surface area contributed by atoms with Crippen molar-refractivity contribution in [3.63, 3.8) is 0 Å². The van der Waals surface area contributed by atoms with Gasteiger partial charge < -0.3 is 11.1 Å². The topological polar surface area (TPSA) is 75.1 Å². The van der Waals surface area contributed by atoms with E-state index in [9.17, 15) is 0 Å². The molecule has 0 saturated carbocycles. The Kier molecular flexibility index (Phi) is 8.28. The summed E-state index contributed by atoms with van der Waals surface area (Å²) in [6.45, 7) is 0. The molecule has 57 heavy (non-hydrogen) atoms. The highest BCUT2D eigenvalue weighted by Crippen LogP contribution is 2.43. The van der Waals surface area contributed by atoms with E-state index in [-0.39, 0.29) is 6.17 Å². The van der Waals surface area contributed by atoms with Gasteiger partial charge in [-0.2, -0.15) is 0 Å². The van der Waals surface area contributed by atoms with Gasteiger partial charge in [0.25, 0.3) is 0 Å². The summed E-state index contributed by atoms with van der Waals surface area (Å²) in [5.74, 6) is 2.17. The number of hydrogen-bond donors (Lipinski definition) is 2. The molecule has 5 nitrogen and oxygen atoms in total. The third-order valence-electron chi connectivity index (χ3n) is 10.6. The van der Waals surface area contributed by atoms with E-state index < -0.39 is 0 Å². The lowest BCUT2D eigenvalue weighted by atomic mass is 10.0. The molecule has 7 aromatic carbocycles. The Morgan fingerprint density at radius 1 is 0.579 bits per heavy atom. The molecule has 0 fully saturated rings. The summed E-state index contributed by atoms with van der Waals surface area (Å²) in [6.07, 6.45) is 0.368. The fourth-order valence-electron chi connectivity index (χ4n) is 7.93. The van der Waals surface area contributed by atoms with E-state index in [4.69, 9.17) is 20.7 Å². The minimum atomic E-state index is -0.362. The van der Waals surface area contributed by atoms with Crippen LogP contribution in [-0.2, 0) is 6.42 Å². The van der Waals surface area contributed by atoms with Gasteiger partial charge in [-0.15, -0.1) is 34.0 Å². The Morgan fingerprint density at radius 2 is 1.25 bits per heavy atom. The Bertz CT molecular complexity index is 3260. The molecule has 1 unspecified atom stereocenters. The highest BCUT2D eigenvalue weighted by molar-refractivity contribution is 7.26. The molecule has 1 aliphatic rings. The number of nitrogens with one attached hydrogen (secondary N) is 1. The first-order chi connectivity index (χ1) is 28.1. The Hall–Kier alpha value is -6.45. The van der Waals surface area contributed by atoms with Crippen molar-refractivity contribution in [3.8, 4) is 0 Å². The van der Waals surface area contributed by atoms with Gasteiger partial charge in [0.05, 0.1) is 5.69 Å². The van der Waals surface area contributed by atoms with Crippen molar-refractivity contribution in [1.29, 1.82) is 0 Å². The molecule has 0 bridgehead atoms. The number of rotatable bonds is 7. The monoisotopic (exact) mass is 787 g/mol. The Morgan fingerprint density at radius 3 is 2.09 bits per heavy atom. The maximum absolute atomic E-state index is 6.97. The van der Waals surface area contributed by atoms with E-state index in [1.165, 1.54) is 55.5 Å². The second kappa shape index (κ2) is 13.9. The molecule has 0 spiro atoms. The van der Waals surface area contributed by atoms with Crippen LogP contribution >= 0.6 is 34.0 Å². The molecule has 0 aliphatic carbocycles. The standard InChI is InChI=1S/C49H33N5S3/c50-46(36-21-11-19-33-32-17-7-9-22-38(32)57-45(33)36)51-44-34-18-8-10-23-39(34)56-42(44)28-29-25-26-40-37(27-29)43-35(20-12-24-41(43)55-40)49-53-47(30-13-3-1-4-14-30)52-48(54-49)31-15-5-2-6-16-31/h1-27,47H,28H2,(H2,50,51)(H,52,53,54). The molecule has 4 heterocycles. The van der Waals surface area contributed by atoms with Gasteiger partial charge in [-0.25, -0.2) is 15.0 Å². The van der Waals surface area contributed by atoms with E-state index in [2.05, 4.69) is 133 Å². The molecule has 272 valence electrons. The summed E-state index contributed by atoms with van der Waals surface area (Å²) >= 11 is 5.39. The lowest BCUT2D eigenvalue weighted by molar-refractivity contribution is 0.756. The molecular weight excluding hydrogens is 755 g/mol. The normalized spacial score (nSPS) is 14.7. The van der Waals surface area contributed by atoms with Gasteiger partial charge in [0.15, 0.2) is 6.17 Å². The van der Waals surface area contributed by atoms with Crippen molar-refractivity contribution in [2.45, 2.75) is 12.6 Å². The van der Waals surface area contributed by atoms with E-state index in [1.807, 2.05) is 47.7 Å². The summed E-state index contributed by atoms with van der Waals surface area (Å²) in [4.78, 5) is 16.8. The van der Waals surface area contributed by atoms with E-state index in [1.54, 1.807) is 22.7 Å². The van der Waals surface area contributed by atoms with Crippen LogP contribution in [0.3, 0.4) is 0 Å².